The molecule has 1 fully saturated rings. The molecular weight excluding hydrogens is 347 g/mol. The van der Waals surface area contributed by atoms with Gasteiger partial charge in [0.15, 0.2) is 11.6 Å². The van der Waals surface area contributed by atoms with Crippen LogP contribution in [0.3, 0.4) is 0 Å². The molecule has 1 aliphatic rings. The Morgan fingerprint density at radius 3 is 2.70 bits per heavy atom. The first kappa shape index (κ1) is 19.2. The van der Waals surface area contributed by atoms with Gasteiger partial charge in [0.05, 0.1) is 6.10 Å². The molecule has 144 valence electrons. The van der Waals surface area contributed by atoms with Gasteiger partial charge in [-0.3, -0.25) is 0 Å². The first-order valence-corrected chi connectivity index (χ1v) is 9.28. The number of ether oxygens (including phenoxy) is 2. The number of nitrogens with zero attached hydrogens (tertiary/aromatic N) is 1. The third-order valence-electron chi connectivity index (χ3n) is 4.58. The highest BCUT2D eigenvalue weighted by atomic mass is 19.1. The van der Waals surface area contributed by atoms with E-state index < -0.39 is 5.82 Å². The van der Waals surface area contributed by atoms with Gasteiger partial charge in [-0.05, 0) is 62.1 Å². The molecule has 1 aliphatic heterocycles. The second kappa shape index (κ2) is 9.37. The maximum atomic E-state index is 13.6. The third-order valence-corrected chi connectivity index (χ3v) is 4.58. The van der Waals surface area contributed by atoms with Gasteiger partial charge in [0, 0.05) is 25.9 Å². The molecule has 0 saturated carbocycles. The first-order chi connectivity index (χ1) is 13.1. The highest BCUT2D eigenvalue weighted by molar-refractivity contribution is 5.89. The van der Waals surface area contributed by atoms with Crippen LogP contribution in [-0.2, 0) is 4.74 Å². The van der Waals surface area contributed by atoms with Crippen LogP contribution < -0.4 is 10.1 Å². The quantitative estimate of drug-likeness (QED) is 0.773. The molecule has 1 heterocycles. The number of anilines is 1. The molecular formula is C21H25FN2O3. The summed E-state index contributed by atoms with van der Waals surface area (Å²) in [6, 6.07) is 12.9. The molecule has 0 aromatic heterocycles. The Balaban J connectivity index is 1.48. The number of nitrogens with one attached hydrogen (secondary N) is 1. The van der Waals surface area contributed by atoms with E-state index in [4.69, 9.17) is 9.47 Å². The van der Waals surface area contributed by atoms with E-state index in [9.17, 15) is 9.18 Å². The predicted molar refractivity (Wildman–Crippen MR) is 103 cm³/mol. The van der Waals surface area contributed by atoms with E-state index in [-0.39, 0.29) is 17.9 Å². The van der Waals surface area contributed by atoms with Crippen LogP contribution in [0, 0.1) is 5.82 Å². The zero-order valence-electron chi connectivity index (χ0n) is 15.5. The molecule has 6 heteroatoms. The smallest absolute Gasteiger partial charge is 0.321 e. The number of carbonyl (C=O) groups excluding carboxylic acids is 1. The molecule has 2 amide bonds. The fraction of sp³-hybridized carbons (Fsp3) is 0.381. The fourth-order valence-electron chi connectivity index (χ4n) is 2.95. The zero-order valence-corrected chi connectivity index (χ0v) is 15.5. The maximum Gasteiger partial charge on any atom is 0.321 e. The van der Waals surface area contributed by atoms with Crippen LogP contribution in [-0.4, -0.2) is 37.2 Å². The van der Waals surface area contributed by atoms with Crippen molar-refractivity contribution >= 4 is 11.7 Å². The lowest BCUT2D eigenvalue weighted by atomic mass is 10.1. The van der Waals surface area contributed by atoms with Crippen molar-refractivity contribution in [2.45, 2.75) is 31.8 Å². The topological polar surface area (TPSA) is 50.8 Å². The summed E-state index contributed by atoms with van der Waals surface area (Å²) in [4.78, 5) is 14.0. The van der Waals surface area contributed by atoms with Crippen LogP contribution >= 0.6 is 0 Å². The molecule has 2 aromatic rings. The van der Waals surface area contributed by atoms with Crippen molar-refractivity contribution in [3.63, 3.8) is 0 Å². The summed E-state index contributed by atoms with van der Waals surface area (Å²) < 4.78 is 24.8. The number of hydrogen-bond acceptors (Lipinski definition) is 3. The van der Waals surface area contributed by atoms with Crippen molar-refractivity contribution in [1.29, 1.82) is 0 Å². The summed E-state index contributed by atoms with van der Waals surface area (Å²) in [5, 5.41) is 2.85. The van der Waals surface area contributed by atoms with E-state index >= 15 is 0 Å². The third kappa shape index (κ3) is 5.69. The SMILES string of the molecule is CN(CCC1CCCCO1)C(=O)Nc1ccc(Oc2ccccc2F)cc1. The van der Waals surface area contributed by atoms with Crippen LogP contribution in [0.25, 0.3) is 0 Å². The van der Waals surface area contributed by atoms with E-state index in [0.29, 0.717) is 18.0 Å². The molecule has 0 aliphatic carbocycles. The standard InChI is InChI=1S/C21H25FN2O3/c1-24(14-13-17-6-4-5-15-26-17)21(25)23-16-9-11-18(12-10-16)27-20-8-3-2-7-19(20)22/h2-3,7-12,17H,4-6,13-15H2,1H3,(H,23,25). The lowest BCUT2D eigenvalue weighted by molar-refractivity contribution is 0.00848. The molecule has 2 aromatic carbocycles. The van der Waals surface area contributed by atoms with Crippen LogP contribution in [0.1, 0.15) is 25.7 Å². The summed E-state index contributed by atoms with van der Waals surface area (Å²) in [5.74, 6) is 0.248. The molecule has 3 rings (SSSR count). The molecule has 5 nitrogen and oxygen atoms in total. The zero-order chi connectivity index (χ0) is 19.1. The summed E-state index contributed by atoms with van der Waals surface area (Å²) in [7, 11) is 1.77. The Bertz CT molecular complexity index is 745. The Morgan fingerprint density at radius 2 is 2.00 bits per heavy atom. The van der Waals surface area contributed by atoms with E-state index in [1.165, 1.54) is 12.5 Å². The largest absolute Gasteiger partial charge is 0.454 e. The molecule has 1 N–H and O–H groups in total. The lowest BCUT2D eigenvalue weighted by Crippen LogP contribution is -2.34. The van der Waals surface area contributed by atoms with Gasteiger partial charge < -0.3 is 19.7 Å². The van der Waals surface area contributed by atoms with Gasteiger partial charge >= 0.3 is 6.03 Å². The van der Waals surface area contributed by atoms with Crippen molar-refractivity contribution in [3.8, 4) is 11.5 Å². The van der Waals surface area contributed by atoms with Gasteiger partial charge in [-0.2, -0.15) is 0 Å². The molecule has 1 unspecified atom stereocenters. The van der Waals surface area contributed by atoms with Crippen molar-refractivity contribution in [3.05, 3.63) is 54.3 Å². The minimum atomic E-state index is -0.418. The molecule has 0 bridgehead atoms. The van der Waals surface area contributed by atoms with Gasteiger partial charge in [0.1, 0.15) is 5.75 Å². The highest BCUT2D eigenvalue weighted by Crippen LogP contribution is 2.25. The minimum Gasteiger partial charge on any atom is -0.454 e. The van der Waals surface area contributed by atoms with Crippen LogP contribution in [0.2, 0.25) is 0 Å². The number of hydrogen-bond donors (Lipinski definition) is 1. The number of rotatable bonds is 6. The number of urea groups is 1. The van der Waals surface area contributed by atoms with Gasteiger partial charge in [0.2, 0.25) is 0 Å². The summed E-state index contributed by atoms with van der Waals surface area (Å²) >= 11 is 0. The van der Waals surface area contributed by atoms with Gasteiger partial charge in [-0.1, -0.05) is 12.1 Å². The van der Waals surface area contributed by atoms with Gasteiger partial charge in [-0.15, -0.1) is 0 Å². The number of benzene rings is 2. The number of carbonyl (C=O) groups is 1. The van der Waals surface area contributed by atoms with Crippen molar-refractivity contribution in [1.82, 2.24) is 4.90 Å². The summed E-state index contributed by atoms with van der Waals surface area (Å²) in [5.41, 5.74) is 0.654. The lowest BCUT2D eigenvalue weighted by Gasteiger charge is -2.25. The Hall–Kier alpha value is -2.60. The molecule has 0 spiro atoms. The highest BCUT2D eigenvalue weighted by Gasteiger charge is 2.16. The Morgan fingerprint density at radius 1 is 1.22 bits per heavy atom. The van der Waals surface area contributed by atoms with Crippen LogP contribution in [0.4, 0.5) is 14.9 Å². The molecule has 1 saturated heterocycles. The van der Waals surface area contributed by atoms with Gasteiger partial charge in [0.25, 0.3) is 0 Å². The second-order valence-electron chi connectivity index (χ2n) is 6.69. The van der Waals surface area contributed by atoms with E-state index in [1.54, 1.807) is 54.4 Å². The van der Waals surface area contributed by atoms with Crippen LogP contribution in [0.15, 0.2) is 48.5 Å². The van der Waals surface area contributed by atoms with Crippen LogP contribution in [0.5, 0.6) is 11.5 Å². The molecule has 1 atom stereocenters. The van der Waals surface area contributed by atoms with Crippen molar-refractivity contribution in [2.75, 3.05) is 25.5 Å². The fourth-order valence-corrected chi connectivity index (χ4v) is 2.95. The average molecular weight is 372 g/mol. The molecule has 27 heavy (non-hydrogen) atoms. The van der Waals surface area contributed by atoms with E-state index in [1.807, 2.05) is 0 Å². The minimum absolute atomic E-state index is 0.166. The predicted octanol–water partition coefficient (Wildman–Crippen LogP) is 5.04. The summed E-state index contributed by atoms with van der Waals surface area (Å²) in [6.07, 6.45) is 4.49. The van der Waals surface area contributed by atoms with E-state index in [2.05, 4.69) is 5.32 Å². The number of amides is 2. The Kier molecular flexibility index (Phi) is 6.65. The second-order valence-corrected chi connectivity index (χ2v) is 6.69. The Labute approximate surface area is 159 Å². The average Bonchev–Trinajstić information content (AvgIpc) is 2.70. The van der Waals surface area contributed by atoms with Crippen molar-refractivity contribution < 1.29 is 18.7 Å². The normalized spacial score (nSPS) is 16.6. The maximum absolute atomic E-state index is 13.6. The number of halogens is 1. The monoisotopic (exact) mass is 372 g/mol. The first-order valence-electron chi connectivity index (χ1n) is 9.28. The van der Waals surface area contributed by atoms with Gasteiger partial charge in [-0.25, -0.2) is 9.18 Å². The number of para-hydroxylation sites is 1. The van der Waals surface area contributed by atoms with E-state index in [0.717, 1.165) is 25.9 Å². The van der Waals surface area contributed by atoms with Crippen molar-refractivity contribution in [2.24, 2.45) is 0 Å². The molecule has 0 radical (unpaired) electrons. The summed E-state index contributed by atoms with van der Waals surface area (Å²) in [6.45, 7) is 1.47.